The summed E-state index contributed by atoms with van der Waals surface area (Å²) in [6, 6.07) is 7.54. The Balaban J connectivity index is 2.55. The van der Waals surface area contributed by atoms with Gasteiger partial charge in [-0.25, -0.2) is 9.97 Å². The van der Waals surface area contributed by atoms with E-state index < -0.39 is 0 Å². The van der Waals surface area contributed by atoms with Crippen LogP contribution >= 0.6 is 23.2 Å². The van der Waals surface area contributed by atoms with E-state index >= 15 is 0 Å². The van der Waals surface area contributed by atoms with Crippen LogP contribution < -0.4 is 0 Å². The van der Waals surface area contributed by atoms with E-state index in [0.717, 1.165) is 16.2 Å². The molecule has 0 spiro atoms. The minimum Gasteiger partial charge on any atom is -0.236 e. The molecule has 16 heavy (non-hydrogen) atoms. The van der Waals surface area contributed by atoms with Crippen LogP contribution in [0, 0.1) is 0 Å². The molecule has 0 aliphatic carbocycles. The molecule has 2 nitrogen and oxygen atoms in total. The van der Waals surface area contributed by atoms with Gasteiger partial charge in [-0.15, -0.1) is 0 Å². The topological polar surface area (TPSA) is 25.8 Å². The molecule has 0 aliphatic rings. The first-order valence-corrected chi connectivity index (χ1v) is 5.49. The van der Waals surface area contributed by atoms with Crippen molar-refractivity contribution in [1.29, 1.82) is 0 Å². The summed E-state index contributed by atoms with van der Waals surface area (Å²) in [5.74, 6) is 0. The molecule has 2 aromatic heterocycles. The Morgan fingerprint density at radius 2 is 1.56 bits per heavy atom. The van der Waals surface area contributed by atoms with Crippen LogP contribution in [-0.4, -0.2) is 9.97 Å². The van der Waals surface area contributed by atoms with E-state index in [1.165, 1.54) is 0 Å². The van der Waals surface area contributed by atoms with Gasteiger partial charge in [-0.2, -0.15) is 0 Å². The molecule has 3 rings (SSSR count). The third-order valence-electron chi connectivity index (χ3n) is 2.46. The second-order valence-corrected chi connectivity index (χ2v) is 4.39. The maximum absolute atomic E-state index is 5.99. The van der Waals surface area contributed by atoms with E-state index in [-0.39, 0.29) is 0 Å². The number of rotatable bonds is 0. The highest BCUT2D eigenvalue weighted by atomic mass is 35.5. The van der Waals surface area contributed by atoms with E-state index in [1.807, 2.05) is 24.3 Å². The second-order valence-electron chi connectivity index (χ2n) is 3.51. The lowest BCUT2D eigenvalue weighted by molar-refractivity contribution is 1.30. The van der Waals surface area contributed by atoms with Crippen molar-refractivity contribution in [2.75, 3.05) is 0 Å². The van der Waals surface area contributed by atoms with Crippen molar-refractivity contribution in [3.63, 3.8) is 0 Å². The van der Waals surface area contributed by atoms with E-state index in [0.29, 0.717) is 15.7 Å². The van der Waals surface area contributed by atoms with Crippen LogP contribution in [0.1, 0.15) is 0 Å². The van der Waals surface area contributed by atoms with Crippen LogP contribution in [0.3, 0.4) is 0 Å². The first kappa shape index (κ1) is 9.82. The molecule has 3 aromatic rings. The van der Waals surface area contributed by atoms with Gasteiger partial charge >= 0.3 is 0 Å². The van der Waals surface area contributed by atoms with Crippen LogP contribution in [0.5, 0.6) is 0 Å². The number of aromatic nitrogens is 2. The molecule has 0 N–H and O–H groups in total. The number of hydrogen-bond donors (Lipinski definition) is 0. The van der Waals surface area contributed by atoms with Gasteiger partial charge in [0.2, 0.25) is 0 Å². The lowest BCUT2D eigenvalue weighted by atomic mass is 10.1. The van der Waals surface area contributed by atoms with Crippen LogP contribution in [0.25, 0.3) is 21.8 Å². The fourth-order valence-electron chi connectivity index (χ4n) is 1.74. The van der Waals surface area contributed by atoms with E-state index in [9.17, 15) is 0 Å². The van der Waals surface area contributed by atoms with Gasteiger partial charge in [0.05, 0.1) is 5.02 Å². The molecular weight excluding hydrogens is 243 g/mol. The normalized spacial score (nSPS) is 11.1. The molecular formula is C12H6Cl2N2. The number of benzene rings is 1. The fourth-order valence-corrected chi connectivity index (χ4v) is 2.07. The number of pyridine rings is 2. The molecule has 78 valence electrons. The van der Waals surface area contributed by atoms with Gasteiger partial charge in [-0.05, 0) is 23.6 Å². The van der Waals surface area contributed by atoms with Crippen molar-refractivity contribution in [1.82, 2.24) is 9.97 Å². The zero-order valence-electron chi connectivity index (χ0n) is 8.11. The zero-order valence-corrected chi connectivity index (χ0v) is 9.63. The van der Waals surface area contributed by atoms with E-state index in [1.54, 1.807) is 12.4 Å². The summed E-state index contributed by atoms with van der Waals surface area (Å²) in [5, 5.41) is 4.27. The van der Waals surface area contributed by atoms with Gasteiger partial charge in [-0.3, -0.25) is 0 Å². The highest BCUT2D eigenvalue weighted by Gasteiger charge is 2.04. The molecule has 0 bridgehead atoms. The summed E-state index contributed by atoms with van der Waals surface area (Å²) in [6.07, 6.45) is 3.38. The van der Waals surface area contributed by atoms with Gasteiger partial charge in [0, 0.05) is 28.2 Å². The summed E-state index contributed by atoms with van der Waals surface area (Å²) in [5.41, 5.74) is 0.680. The number of fused-ring (bicyclic) bond motifs is 3. The molecule has 4 heteroatoms. The van der Waals surface area contributed by atoms with Crippen molar-refractivity contribution in [3.05, 3.63) is 46.7 Å². The molecule has 2 heterocycles. The summed E-state index contributed by atoms with van der Waals surface area (Å²) < 4.78 is 0. The van der Waals surface area contributed by atoms with Gasteiger partial charge in [0.1, 0.15) is 0 Å². The van der Waals surface area contributed by atoms with Crippen molar-refractivity contribution in [3.8, 4) is 0 Å². The Morgan fingerprint density at radius 3 is 2.44 bits per heavy atom. The highest BCUT2D eigenvalue weighted by molar-refractivity contribution is 6.32. The monoisotopic (exact) mass is 248 g/mol. The van der Waals surface area contributed by atoms with Crippen LogP contribution in [-0.2, 0) is 0 Å². The first-order valence-electron chi connectivity index (χ1n) is 4.73. The first-order chi connectivity index (χ1) is 7.74. The third kappa shape index (κ3) is 1.51. The van der Waals surface area contributed by atoms with Crippen molar-refractivity contribution in [2.45, 2.75) is 0 Å². The standard InChI is InChI=1S/C12H6Cl2N2/c13-8-2-1-7-5-15-12-11(10(7)3-8)4-9(14)6-16-12/h1-6H. The smallest absolute Gasteiger partial charge is 0.159 e. The molecule has 0 saturated carbocycles. The van der Waals surface area contributed by atoms with E-state index in [4.69, 9.17) is 23.2 Å². The Labute approximate surface area is 102 Å². The number of hydrogen-bond acceptors (Lipinski definition) is 2. The predicted octanol–water partition coefficient (Wildman–Crippen LogP) is 4.09. The second kappa shape index (κ2) is 3.58. The maximum atomic E-state index is 5.99. The molecule has 0 saturated heterocycles. The molecule has 0 amide bonds. The van der Waals surface area contributed by atoms with Crippen LogP contribution in [0.2, 0.25) is 10.0 Å². The summed E-state index contributed by atoms with van der Waals surface area (Å²) >= 11 is 11.9. The average molecular weight is 249 g/mol. The van der Waals surface area contributed by atoms with Gasteiger partial charge in [-0.1, -0.05) is 29.3 Å². The Morgan fingerprint density at radius 1 is 0.812 bits per heavy atom. The SMILES string of the molecule is Clc1ccc2cnc3ncc(Cl)cc3c2c1. The van der Waals surface area contributed by atoms with Gasteiger partial charge in [0.25, 0.3) is 0 Å². The lowest BCUT2D eigenvalue weighted by Crippen LogP contribution is -1.85. The molecule has 0 aliphatic heterocycles. The number of halogens is 2. The lowest BCUT2D eigenvalue weighted by Gasteiger charge is -2.03. The van der Waals surface area contributed by atoms with E-state index in [2.05, 4.69) is 9.97 Å². The highest BCUT2D eigenvalue weighted by Crippen LogP contribution is 2.26. The van der Waals surface area contributed by atoms with Crippen LogP contribution in [0.15, 0.2) is 36.7 Å². The molecule has 1 aromatic carbocycles. The summed E-state index contributed by atoms with van der Waals surface area (Å²) in [7, 11) is 0. The van der Waals surface area contributed by atoms with Gasteiger partial charge in [0.15, 0.2) is 5.65 Å². The molecule has 0 atom stereocenters. The minimum absolute atomic E-state index is 0.599. The largest absolute Gasteiger partial charge is 0.236 e. The summed E-state index contributed by atoms with van der Waals surface area (Å²) in [4.78, 5) is 8.44. The van der Waals surface area contributed by atoms with Gasteiger partial charge < -0.3 is 0 Å². The number of nitrogens with zero attached hydrogens (tertiary/aromatic N) is 2. The van der Waals surface area contributed by atoms with Crippen LogP contribution in [0.4, 0.5) is 0 Å². The quantitative estimate of drug-likeness (QED) is 0.561. The average Bonchev–Trinajstić information content (AvgIpc) is 2.29. The van der Waals surface area contributed by atoms with Crippen molar-refractivity contribution in [2.24, 2.45) is 0 Å². The molecule has 0 unspecified atom stereocenters. The Kier molecular flexibility index (Phi) is 2.20. The zero-order chi connectivity index (χ0) is 11.1. The van der Waals surface area contributed by atoms with Crippen molar-refractivity contribution >= 4 is 45.0 Å². The maximum Gasteiger partial charge on any atom is 0.159 e. The Hall–Kier alpha value is -1.38. The third-order valence-corrected chi connectivity index (χ3v) is 2.91. The predicted molar refractivity (Wildman–Crippen MR) is 67.1 cm³/mol. The minimum atomic E-state index is 0.599. The summed E-state index contributed by atoms with van der Waals surface area (Å²) in [6.45, 7) is 0. The van der Waals surface area contributed by atoms with Crippen molar-refractivity contribution < 1.29 is 0 Å². The Bertz CT molecular complexity index is 634. The molecule has 0 radical (unpaired) electrons. The fraction of sp³-hybridized carbons (Fsp3) is 0. The molecule has 0 fully saturated rings.